The van der Waals surface area contributed by atoms with E-state index < -0.39 is 15.6 Å². The molecule has 4 rings (SSSR count). The maximum absolute atomic E-state index is 13.2. The van der Waals surface area contributed by atoms with Crippen LogP contribution in [0.4, 0.5) is 4.39 Å². The van der Waals surface area contributed by atoms with Gasteiger partial charge in [0.2, 0.25) is 0 Å². The van der Waals surface area contributed by atoms with Crippen molar-refractivity contribution >= 4 is 27.3 Å². The highest BCUT2D eigenvalue weighted by Crippen LogP contribution is 2.34. The van der Waals surface area contributed by atoms with Gasteiger partial charge in [-0.2, -0.15) is 4.31 Å². The van der Waals surface area contributed by atoms with E-state index >= 15 is 0 Å². The second-order valence-electron chi connectivity index (χ2n) is 6.98. The van der Waals surface area contributed by atoms with Gasteiger partial charge in [0.15, 0.2) is 0 Å². The smallest absolute Gasteiger partial charge is 0.269 e. The standard InChI is InChI=1S/C19H20FN3O4S2/c20-15-4-1-3-14(11-15)13-21-18(24)16-12-19(27-22-16)6-8-23(9-7-19)29(25,26)17-5-2-10-28-17/h1-5,10-12,22H,6-9,13H2,(H,21,24). The fraction of sp³-hybridized carbons (Fsp3) is 0.316. The second kappa shape index (κ2) is 7.86. The first-order valence-corrected chi connectivity index (χ1v) is 11.4. The summed E-state index contributed by atoms with van der Waals surface area (Å²) < 4.78 is 40.3. The predicted octanol–water partition coefficient (Wildman–Crippen LogP) is 2.15. The molecule has 2 N–H and O–H groups in total. The van der Waals surface area contributed by atoms with Gasteiger partial charge in [0.1, 0.15) is 21.3 Å². The molecule has 29 heavy (non-hydrogen) atoms. The van der Waals surface area contributed by atoms with Crippen LogP contribution in [0, 0.1) is 5.82 Å². The molecular formula is C19H20FN3O4S2. The van der Waals surface area contributed by atoms with E-state index in [4.69, 9.17) is 4.84 Å². The molecule has 0 saturated carbocycles. The number of rotatable bonds is 5. The van der Waals surface area contributed by atoms with Gasteiger partial charge in [0.25, 0.3) is 15.9 Å². The Morgan fingerprint density at radius 3 is 2.76 bits per heavy atom. The summed E-state index contributed by atoms with van der Waals surface area (Å²) in [7, 11) is -3.49. The number of benzene rings is 1. The van der Waals surface area contributed by atoms with Crippen molar-refractivity contribution in [3.05, 3.63) is 64.9 Å². The van der Waals surface area contributed by atoms with Gasteiger partial charge < -0.3 is 5.32 Å². The number of amides is 1. The third kappa shape index (κ3) is 4.20. The highest BCUT2D eigenvalue weighted by atomic mass is 32.2. The first-order valence-electron chi connectivity index (χ1n) is 9.11. The molecule has 7 nitrogen and oxygen atoms in total. The number of hydrogen-bond donors (Lipinski definition) is 2. The van der Waals surface area contributed by atoms with Crippen LogP contribution in [0.25, 0.3) is 0 Å². The van der Waals surface area contributed by atoms with E-state index in [1.54, 1.807) is 35.7 Å². The summed E-state index contributed by atoms with van der Waals surface area (Å²) >= 11 is 1.19. The van der Waals surface area contributed by atoms with Gasteiger partial charge in [0.05, 0.1) is 0 Å². The maximum Gasteiger partial charge on any atom is 0.269 e. The molecule has 1 amide bonds. The second-order valence-corrected chi connectivity index (χ2v) is 10.1. The molecule has 2 aliphatic rings. The van der Waals surface area contributed by atoms with Gasteiger partial charge in [-0.1, -0.05) is 18.2 Å². The molecular weight excluding hydrogens is 417 g/mol. The summed E-state index contributed by atoms with van der Waals surface area (Å²) in [5.74, 6) is -0.721. The van der Waals surface area contributed by atoms with E-state index in [1.165, 1.54) is 27.8 Å². The molecule has 1 spiro atoms. The fourth-order valence-corrected chi connectivity index (χ4v) is 5.99. The Balaban J connectivity index is 1.37. The number of hydroxylamine groups is 1. The van der Waals surface area contributed by atoms with Crippen molar-refractivity contribution in [2.45, 2.75) is 29.2 Å². The zero-order chi connectivity index (χ0) is 20.5. The molecule has 0 bridgehead atoms. The number of carbonyl (C=O) groups is 1. The summed E-state index contributed by atoms with van der Waals surface area (Å²) in [6.07, 6.45) is 2.58. The molecule has 1 saturated heterocycles. The molecule has 3 heterocycles. The minimum absolute atomic E-state index is 0.190. The van der Waals surface area contributed by atoms with Crippen LogP contribution in [0.3, 0.4) is 0 Å². The van der Waals surface area contributed by atoms with E-state index in [9.17, 15) is 17.6 Å². The summed E-state index contributed by atoms with van der Waals surface area (Å²) in [6.45, 7) is 0.794. The normalized spacial score (nSPS) is 19.0. The van der Waals surface area contributed by atoms with Crippen molar-refractivity contribution in [2.75, 3.05) is 13.1 Å². The summed E-state index contributed by atoms with van der Waals surface area (Å²) in [5, 5.41) is 4.46. The van der Waals surface area contributed by atoms with Crippen LogP contribution in [-0.4, -0.2) is 37.3 Å². The van der Waals surface area contributed by atoms with Crippen molar-refractivity contribution in [1.82, 2.24) is 15.1 Å². The SMILES string of the molecule is O=C(NCc1cccc(F)c1)C1=CC2(CCN(S(=O)(=O)c3cccs3)CC2)ON1. The molecule has 0 unspecified atom stereocenters. The quantitative estimate of drug-likeness (QED) is 0.749. The predicted molar refractivity (Wildman–Crippen MR) is 106 cm³/mol. The molecule has 2 aliphatic heterocycles. The van der Waals surface area contributed by atoms with Gasteiger partial charge >= 0.3 is 0 Å². The first-order chi connectivity index (χ1) is 13.9. The van der Waals surface area contributed by atoms with E-state index in [2.05, 4.69) is 10.8 Å². The number of hydrogen-bond acceptors (Lipinski definition) is 6. The number of nitrogens with zero attached hydrogens (tertiary/aromatic N) is 1. The zero-order valence-electron chi connectivity index (χ0n) is 15.4. The molecule has 1 aromatic heterocycles. The molecule has 10 heteroatoms. The molecule has 1 fully saturated rings. The van der Waals surface area contributed by atoms with Gasteiger partial charge in [-0.15, -0.1) is 11.3 Å². The molecule has 2 aromatic rings. The van der Waals surface area contributed by atoms with E-state index in [-0.39, 0.29) is 24.0 Å². The third-order valence-corrected chi connectivity index (χ3v) is 8.29. The van der Waals surface area contributed by atoms with Crippen molar-refractivity contribution in [1.29, 1.82) is 0 Å². The Hall–Kier alpha value is -2.27. The van der Waals surface area contributed by atoms with Crippen molar-refractivity contribution in [3.63, 3.8) is 0 Å². The number of piperidine rings is 1. The summed E-state index contributed by atoms with van der Waals surface area (Å²) in [6, 6.07) is 9.32. The van der Waals surface area contributed by atoms with E-state index in [0.29, 0.717) is 35.7 Å². The fourth-order valence-electron chi connectivity index (χ4n) is 3.40. The Labute approximate surface area is 172 Å². The zero-order valence-corrected chi connectivity index (χ0v) is 17.1. The maximum atomic E-state index is 13.2. The first kappa shape index (κ1) is 20.0. The Kier molecular flexibility index (Phi) is 5.43. The minimum atomic E-state index is -3.49. The largest absolute Gasteiger partial charge is 0.347 e. The third-order valence-electron chi connectivity index (χ3n) is 5.02. The number of sulfonamides is 1. The summed E-state index contributed by atoms with van der Waals surface area (Å²) in [4.78, 5) is 18.0. The number of halogens is 1. The minimum Gasteiger partial charge on any atom is -0.347 e. The van der Waals surface area contributed by atoms with Crippen LogP contribution in [0.15, 0.2) is 57.8 Å². The average molecular weight is 438 g/mol. The molecule has 1 aromatic carbocycles. The summed E-state index contributed by atoms with van der Waals surface area (Å²) in [5.41, 5.74) is 2.87. The monoisotopic (exact) mass is 437 g/mol. The van der Waals surface area contributed by atoms with Crippen molar-refractivity contribution in [2.24, 2.45) is 0 Å². The topological polar surface area (TPSA) is 87.7 Å². The number of thiophene rings is 1. The van der Waals surface area contributed by atoms with Crippen LogP contribution in [0.2, 0.25) is 0 Å². The molecule has 0 atom stereocenters. The van der Waals surface area contributed by atoms with Crippen molar-refractivity contribution in [3.8, 4) is 0 Å². The van der Waals surface area contributed by atoms with Gasteiger partial charge in [-0.25, -0.2) is 12.8 Å². The Bertz CT molecular complexity index is 1030. The molecule has 154 valence electrons. The molecule has 0 radical (unpaired) electrons. The van der Waals surface area contributed by atoms with Gasteiger partial charge in [-0.05, 0) is 48.1 Å². The van der Waals surface area contributed by atoms with Crippen LogP contribution >= 0.6 is 11.3 Å². The average Bonchev–Trinajstić information content (AvgIpc) is 3.38. The molecule has 0 aliphatic carbocycles. The van der Waals surface area contributed by atoms with Gasteiger partial charge in [-0.3, -0.25) is 15.1 Å². The number of nitrogens with one attached hydrogen (secondary N) is 2. The van der Waals surface area contributed by atoms with E-state index in [0.717, 1.165) is 0 Å². The van der Waals surface area contributed by atoms with Crippen molar-refractivity contribution < 1.29 is 22.4 Å². The van der Waals surface area contributed by atoms with Gasteiger partial charge in [0, 0.05) is 19.6 Å². The lowest BCUT2D eigenvalue weighted by Crippen LogP contribution is -2.46. The van der Waals surface area contributed by atoms with E-state index in [1.807, 2.05) is 0 Å². The lowest BCUT2D eigenvalue weighted by Gasteiger charge is -2.35. The van der Waals surface area contributed by atoms with Crippen LogP contribution in [0.5, 0.6) is 0 Å². The van der Waals surface area contributed by atoms with Crippen LogP contribution < -0.4 is 10.8 Å². The lowest BCUT2D eigenvalue weighted by atomic mass is 9.92. The Morgan fingerprint density at radius 2 is 2.07 bits per heavy atom. The van der Waals surface area contributed by atoms with Crippen LogP contribution in [-0.2, 0) is 26.2 Å². The number of carbonyl (C=O) groups excluding carboxylic acids is 1. The highest BCUT2D eigenvalue weighted by molar-refractivity contribution is 7.91. The Morgan fingerprint density at radius 1 is 1.28 bits per heavy atom. The van der Waals surface area contributed by atoms with Crippen LogP contribution in [0.1, 0.15) is 18.4 Å². The lowest BCUT2D eigenvalue weighted by molar-refractivity contribution is -0.120. The highest BCUT2D eigenvalue weighted by Gasteiger charge is 2.42.